The number of nitrogens with zero attached hydrogens (tertiary/aromatic N) is 3. The van der Waals surface area contributed by atoms with E-state index in [1.54, 1.807) is 6.20 Å². The number of nitrogens with two attached hydrogens (primary N) is 1. The van der Waals surface area contributed by atoms with Crippen LogP contribution in [0, 0.1) is 5.92 Å². The number of halogens is 1. The van der Waals surface area contributed by atoms with Crippen LogP contribution in [0.5, 0.6) is 0 Å². The van der Waals surface area contributed by atoms with Gasteiger partial charge in [0, 0.05) is 19.6 Å². The standard InChI is InChI=1S/C15H25BrN4O/c1-3-8-20-15(21)14(16)13(10-18-20)19(2)12-7-5-4-6-11(12)9-17/h10-12H,3-9,17H2,1-2H3. The van der Waals surface area contributed by atoms with E-state index in [0.717, 1.165) is 18.5 Å². The molecule has 5 nitrogen and oxygen atoms in total. The molecule has 21 heavy (non-hydrogen) atoms. The number of hydrogen-bond acceptors (Lipinski definition) is 4. The van der Waals surface area contributed by atoms with E-state index >= 15 is 0 Å². The monoisotopic (exact) mass is 356 g/mol. The molecule has 2 N–H and O–H groups in total. The second-order valence-corrected chi connectivity index (χ2v) is 6.62. The van der Waals surface area contributed by atoms with Gasteiger partial charge in [0.05, 0.1) is 11.9 Å². The van der Waals surface area contributed by atoms with Gasteiger partial charge in [-0.05, 0) is 47.7 Å². The lowest BCUT2D eigenvalue weighted by Gasteiger charge is -2.39. The Morgan fingerprint density at radius 2 is 2.19 bits per heavy atom. The van der Waals surface area contributed by atoms with E-state index in [1.165, 1.54) is 23.9 Å². The minimum Gasteiger partial charge on any atom is -0.369 e. The molecule has 1 aliphatic carbocycles. The Hall–Kier alpha value is -0.880. The van der Waals surface area contributed by atoms with Gasteiger partial charge < -0.3 is 10.6 Å². The van der Waals surface area contributed by atoms with Crippen molar-refractivity contribution in [2.45, 2.75) is 51.6 Å². The molecule has 0 amide bonds. The predicted octanol–water partition coefficient (Wildman–Crippen LogP) is 2.37. The lowest BCUT2D eigenvalue weighted by Crippen LogP contribution is -2.44. The predicted molar refractivity (Wildman–Crippen MR) is 89.7 cm³/mol. The SMILES string of the molecule is CCCn1ncc(N(C)C2CCCCC2CN)c(Br)c1=O. The highest BCUT2D eigenvalue weighted by Crippen LogP contribution is 2.32. The summed E-state index contributed by atoms with van der Waals surface area (Å²) in [7, 11) is 2.05. The van der Waals surface area contributed by atoms with Crippen molar-refractivity contribution in [2.24, 2.45) is 11.7 Å². The van der Waals surface area contributed by atoms with Crippen LogP contribution in [0.2, 0.25) is 0 Å². The average molecular weight is 357 g/mol. The van der Waals surface area contributed by atoms with E-state index in [1.807, 2.05) is 14.0 Å². The van der Waals surface area contributed by atoms with Gasteiger partial charge in [0.1, 0.15) is 4.47 Å². The fraction of sp³-hybridized carbons (Fsp3) is 0.733. The number of anilines is 1. The molecule has 2 unspecified atom stereocenters. The average Bonchev–Trinajstić information content (AvgIpc) is 2.51. The topological polar surface area (TPSA) is 64.2 Å². The third-order valence-corrected chi connectivity index (χ3v) is 5.20. The van der Waals surface area contributed by atoms with Crippen molar-refractivity contribution < 1.29 is 0 Å². The summed E-state index contributed by atoms with van der Waals surface area (Å²) < 4.78 is 2.12. The summed E-state index contributed by atoms with van der Waals surface area (Å²) >= 11 is 3.46. The van der Waals surface area contributed by atoms with E-state index in [2.05, 4.69) is 25.9 Å². The van der Waals surface area contributed by atoms with Crippen molar-refractivity contribution in [1.82, 2.24) is 9.78 Å². The fourth-order valence-electron chi connectivity index (χ4n) is 3.22. The van der Waals surface area contributed by atoms with Crippen molar-refractivity contribution >= 4 is 21.6 Å². The molecule has 1 heterocycles. The van der Waals surface area contributed by atoms with Gasteiger partial charge >= 0.3 is 0 Å². The maximum absolute atomic E-state index is 12.3. The molecule has 1 fully saturated rings. The Labute approximate surface area is 134 Å². The lowest BCUT2D eigenvalue weighted by atomic mass is 9.83. The van der Waals surface area contributed by atoms with Gasteiger partial charge in [-0.25, -0.2) is 4.68 Å². The van der Waals surface area contributed by atoms with Gasteiger partial charge in [0.25, 0.3) is 5.56 Å². The molecule has 0 spiro atoms. The minimum atomic E-state index is -0.0543. The van der Waals surface area contributed by atoms with Gasteiger partial charge in [0.15, 0.2) is 0 Å². The molecular formula is C15H25BrN4O. The van der Waals surface area contributed by atoms with Crippen LogP contribution in [0.4, 0.5) is 5.69 Å². The van der Waals surface area contributed by atoms with Crippen molar-refractivity contribution in [3.63, 3.8) is 0 Å². The Kier molecular flexibility index (Phi) is 5.81. The first-order valence-corrected chi connectivity index (χ1v) is 8.58. The molecule has 0 radical (unpaired) electrons. The fourth-order valence-corrected chi connectivity index (χ4v) is 3.81. The van der Waals surface area contributed by atoms with Crippen LogP contribution in [-0.4, -0.2) is 29.4 Å². The summed E-state index contributed by atoms with van der Waals surface area (Å²) in [5, 5.41) is 4.30. The zero-order chi connectivity index (χ0) is 15.4. The van der Waals surface area contributed by atoms with Gasteiger partial charge in [-0.1, -0.05) is 19.8 Å². The third kappa shape index (κ3) is 3.48. The van der Waals surface area contributed by atoms with E-state index < -0.39 is 0 Å². The molecule has 1 saturated carbocycles. The van der Waals surface area contributed by atoms with Crippen molar-refractivity contribution in [2.75, 3.05) is 18.5 Å². The molecule has 0 saturated heterocycles. The third-order valence-electron chi connectivity index (χ3n) is 4.45. The maximum atomic E-state index is 12.3. The summed E-state index contributed by atoms with van der Waals surface area (Å²) in [6.45, 7) is 3.39. The van der Waals surface area contributed by atoms with Gasteiger partial charge in [-0.3, -0.25) is 4.79 Å². The van der Waals surface area contributed by atoms with Crippen LogP contribution in [0.3, 0.4) is 0 Å². The highest BCUT2D eigenvalue weighted by molar-refractivity contribution is 9.10. The van der Waals surface area contributed by atoms with Crippen molar-refractivity contribution in [3.8, 4) is 0 Å². The van der Waals surface area contributed by atoms with Gasteiger partial charge in [0.2, 0.25) is 0 Å². The molecule has 2 atom stereocenters. The van der Waals surface area contributed by atoms with Crippen LogP contribution in [-0.2, 0) is 6.54 Å². The zero-order valence-electron chi connectivity index (χ0n) is 12.9. The maximum Gasteiger partial charge on any atom is 0.283 e. The highest BCUT2D eigenvalue weighted by atomic mass is 79.9. The second kappa shape index (κ2) is 7.40. The summed E-state index contributed by atoms with van der Waals surface area (Å²) in [5.41, 5.74) is 6.74. The van der Waals surface area contributed by atoms with E-state index in [-0.39, 0.29) is 5.56 Å². The van der Waals surface area contributed by atoms with E-state index in [4.69, 9.17) is 5.73 Å². The molecule has 0 aliphatic heterocycles. The molecule has 1 aromatic rings. The summed E-state index contributed by atoms with van der Waals surface area (Å²) in [4.78, 5) is 14.5. The molecule has 1 aliphatic rings. The number of rotatable bonds is 5. The zero-order valence-corrected chi connectivity index (χ0v) is 14.5. The van der Waals surface area contributed by atoms with E-state index in [0.29, 0.717) is 29.5 Å². The largest absolute Gasteiger partial charge is 0.369 e. The first-order chi connectivity index (χ1) is 10.1. The quantitative estimate of drug-likeness (QED) is 0.879. The summed E-state index contributed by atoms with van der Waals surface area (Å²) in [6, 6.07) is 0.392. The molecule has 2 rings (SSSR count). The first kappa shape index (κ1) is 16.5. The Morgan fingerprint density at radius 3 is 2.86 bits per heavy atom. The molecular weight excluding hydrogens is 332 g/mol. The normalized spacial score (nSPS) is 22.3. The molecule has 118 valence electrons. The molecule has 6 heteroatoms. The number of aromatic nitrogens is 2. The van der Waals surface area contributed by atoms with Crippen LogP contribution < -0.4 is 16.2 Å². The second-order valence-electron chi connectivity index (χ2n) is 5.83. The summed E-state index contributed by atoms with van der Waals surface area (Å²) in [5.74, 6) is 0.494. The van der Waals surface area contributed by atoms with Crippen LogP contribution in [0.15, 0.2) is 15.5 Å². The minimum absolute atomic E-state index is 0.0543. The van der Waals surface area contributed by atoms with Crippen molar-refractivity contribution in [3.05, 3.63) is 21.0 Å². The molecule has 0 aromatic carbocycles. The Morgan fingerprint density at radius 1 is 1.48 bits per heavy atom. The van der Waals surface area contributed by atoms with Gasteiger partial charge in [-0.15, -0.1) is 0 Å². The van der Waals surface area contributed by atoms with E-state index in [9.17, 15) is 4.79 Å². The highest BCUT2D eigenvalue weighted by Gasteiger charge is 2.29. The number of hydrogen-bond donors (Lipinski definition) is 1. The Balaban J connectivity index is 2.28. The lowest BCUT2D eigenvalue weighted by molar-refractivity contribution is 0.306. The van der Waals surface area contributed by atoms with Gasteiger partial charge in [-0.2, -0.15) is 5.10 Å². The first-order valence-electron chi connectivity index (χ1n) is 7.78. The van der Waals surface area contributed by atoms with Crippen LogP contribution >= 0.6 is 15.9 Å². The smallest absolute Gasteiger partial charge is 0.283 e. The van der Waals surface area contributed by atoms with Crippen molar-refractivity contribution in [1.29, 1.82) is 0 Å². The number of aryl methyl sites for hydroxylation is 1. The van der Waals surface area contributed by atoms with Crippen LogP contribution in [0.1, 0.15) is 39.0 Å². The summed E-state index contributed by atoms with van der Waals surface area (Å²) in [6.07, 6.45) is 7.47. The van der Waals surface area contributed by atoms with Crippen LogP contribution in [0.25, 0.3) is 0 Å². The molecule has 1 aromatic heterocycles. The molecule has 0 bridgehead atoms. The Bertz CT molecular complexity index is 531.